The van der Waals surface area contributed by atoms with Crippen molar-refractivity contribution >= 4 is 55.8 Å². The molecule has 6 aromatic rings. The maximum absolute atomic E-state index is 10.5. The van der Waals surface area contributed by atoms with E-state index in [0.29, 0.717) is 0 Å². The summed E-state index contributed by atoms with van der Waals surface area (Å²) >= 11 is 0. The molecule has 0 bridgehead atoms. The van der Waals surface area contributed by atoms with Crippen molar-refractivity contribution in [3.05, 3.63) is 103 Å². The van der Waals surface area contributed by atoms with Crippen LogP contribution in [0.5, 0.6) is 0 Å². The minimum absolute atomic E-state index is 0.196. The molecular weight excluding hydrogens is 447 g/mol. The summed E-state index contributed by atoms with van der Waals surface area (Å²) in [5.74, 6) is 0. The van der Waals surface area contributed by atoms with Gasteiger partial charge in [-0.25, -0.2) is 0 Å². The van der Waals surface area contributed by atoms with E-state index in [1.54, 1.807) is 0 Å². The van der Waals surface area contributed by atoms with Gasteiger partial charge in [0.2, 0.25) is 0 Å². The summed E-state index contributed by atoms with van der Waals surface area (Å²) in [6.07, 6.45) is 0.820. The second kappa shape index (κ2) is 8.75. The van der Waals surface area contributed by atoms with Crippen LogP contribution in [0.4, 0.5) is 0 Å². The Kier molecular flexibility index (Phi) is 5.62. The molecule has 0 aromatic heterocycles. The molecule has 1 nitrogen and oxygen atoms in total. The average Bonchev–Trinajstić information content (AvgIpc) is 2.90. The first-order valence-corrected chi connectivity index (χ1v) is 13.1. The van der Waals surface area contributed by atoms with Gasteiger partial charge < -0.3 is 5.11 Å². The van der Waals surface area contributed by atoms with Crippen LogP contribution in [0.15, 0.2) is 103 Å². The van der Waals surface area contributed by atoms with E-state index in [0.717, 1.165) is 6.32 Å². The Hall–Kier alpha value is -3.62. The first-order valence-electron chi connectivity index (χ1n) is 13.1. The third-order valence-electron chi connectivity index (χ3n) is 8.45. The molecule has 0 saturated heterocycles. The van der Waals surface area contributed by atoms with Crippen LogP contribution in [-0.2, 0) is 0 Å². The predicted molar refractivity (Wildman–Crippen MR) is 162 cm³/mol. The van der Waals surface area contributed by atoms with E-state index < -0.39 is 5.60 Å². The Bertz CT molecular complexity index is 1790. The Morgan fingerprint density at radius 1 is 0.541 bits per heavy atom. The highest BCUT2D eigenvalue weighted by atomic mass is 16.3. The molecule has 37 heavy (non-hydrogen) atoms. The van der Waals surface area contributed by atoms with Gasteiger partial charge in [0, 0.05) is 0 Å². The molecule has 0 atom stereocenters. The number of aliphatic hydroxyl groups is 1. The number of fused-ring (bicyclic) bond motifs is 6. The van der Waals surface area contributed by atoms with Gasteiger partial charge in [0.1, 0.15) is 0 Å². The smallest absolute Gasteiger partial charge is 0.152 e. The van der Waals surface area contributed by atoms with Crippen LogP contribution in [-0.4, -0.2) is 18.0 Å². The van der Waals surface area contributed by atoms with Crippen LogP contribution in [0.3, 0.4) is 0 Å². The van der Waals surface area contributed by atoms with Crippen molar-refractivity contribution in [3.63, 3.8) is 0 Å². The summed E-state index contributed by atoms with van der Waals surface area (Å²) < 4.78 is 0. The molecule has 0 heterocycles. The monoisotopic (exact) mass is 479 g/mol. The summed E-state index contributed by atoms with van der Waals surface area (Å²) in [7, 11) is 2.24. The second-order valence-electron chi connectivity index (χ2n) is 11.6. The lowest BCUT2D eigenvalue weighted by Crippen LogP contribution is -2.40. The molecule has 0 unspecified atom stereocenters. The molecule has 2 heteroatoms. The van der Waals surface area contributed by atoms with Gasteiger partial charge in [-0.15, -0.1) is 0 Å². The van der Waals surface area contributed by atoms with E-state index in [-0.39, 0.29) is 5.41 Å². The summed E-state index contributed by atoms with van der Waals surface area (Å²) in [6, 6.07) is 37.8. The van der Waals surface area contributed by atoms with E-state index in [1.807, 2.05) is 13.8 Å². The summed E-state index contributed by atoms with van der Waals surface area (Å²) in [5.41, 5.74) is 2.73. The lowest BCUT2D eigenvalue weighted by Gasteiger charge is -2.37. The van der Waals surface area contributed by atoms with E-state index in [2.05, 4.69) is 124 Å². The molecular formula is C35H32BO. The highest BCUT2D eigenvalue weighted by molar-refractivity contribution is 6.54. The quantitative estimate of drug-likeness (QED) is 0.194. The van der Waals surface area contributed by atoms with Crippen LogP contribution < -0.4 is 5.46 Å². The van der Waals surface area contributed by atoms with Crippen molar-refractivity contribution in [1.82, 2.24) is 0 Å². The van der Waals surface area contributed by atoms with E-state index in [9.17, 15) is 5.11 Å². The molecule has 1 radical (unpaired) electrons. The van der Waals surface area contributed by atoms with Crippen LogP contribution in [0.2, 0.25) is 6.32 Å². The highest BCUT2D eigenvalue weighted by Crippen LogP contribution is 2.35. The van der Waals surface area contributed by atoms with Crippen molar-refractivity contribution in [3.8, 4) is 11.1 Å². The molecule has 0 spiro atoms. The molecule has 6 aromatic carbocycles. The van der Waals surface area contributed by atoms with Crippen molar-refractivity contribution in [2.75, 3.05) is 0 Å². The Morgan fingerprint density at radius 2 is 1.11 bits per heavy atom. The molecule has 181 valence electrons. The lowest BCUT2D eigenvalue weighted by molar-refractivity contribution is -0.0236. The normalized spacial score (nSPS) is 12.6. The van der Waals surface area contributed by atoms with Crippen LogP contribution >= 0.6 is 0 Å². The van der Waals surface area contributed by atoms with Crippen LogP contribution in [0.1, 0.15) is 27.7 Å². The fourth-order valence-electron chi connectivity index (χ4n) is 5.19. The summed E-state index contributed by atoms with van der Waals surface area (Å²) in [6.45, 7) is 8.01. The second-order valence-corrected chi connectivity index (χ2v) is 11.6. The van der Waals surface area contributed by atoms with Gasteiger partial charge in [-0.05, 0) is 85.6 Å². The van der Waals surface area contributed by atoms with Crippen molar-refractivity contribution in [2.24, 2.45) is 5.41 Å². The lowest BCUT2D eigenvalue weighted by atomic mass is 9.56. The van der Waals surface area contributed by atoms with Crippen molar-refractivity contribution in [1.29, 1.82) is 0 Å². The number of benzene rings is 6. The minimum Gasteiger partial charge on any atom is -0.390 e. The fraction of sp³-hybridized carbons (Fsp3) is 0.200. The van der Waals surface area contributed by atoms with Gasteiger partial charge in [-0.3, -0.25) is 0 Å². The molecule has 0 aliphatic carbocycles. The maximum Gasteiger partial charge on any atom is 0.152 e. The summed E-state index contributed by atoms with van der Waals surface area (Å²) in [4.78, 5) is 0. The average molecular weight is 479 g/mol. The zero-order valence-corrected chi connectivity index (χ0v) is 22.0. The number of hydrogen-bond acceptors (Lipinski definition) is 1. The van der Waals surface area contributed by atoms with Gasteiger partial charge in [-0.2, -0.15) is 0 Å². The number of hydrogen-bond donors (Lipinski definition) is 1. The maximum atomic E-state index is 10.5. The van der Waals surface area contributed by atoms with Gasteiger partial charge >= 0.3 is 0 Å². The van der Waals surface area contributed by atoms with Gasteiger partial charge in [0.05, 0.1) is 5.60 Å². The zero-order chi connectivity index (χ0) is 25.8. The first kappa shape index (κ1) is 23.8. The van der Waals surface area contributed by atoms with Crippen molar-refractivity contribution in [2.45, 2.75) is 39.6 Å². The van der Waals surface area contributed by atoms with Gasteiger partial charge in [-0.1, -0.05) is 117 Å². The molecule has 0 aliphatic rings. The first-order chi connectivity index (χ1) is 17.7. The topological polar surface area (TPSA) is 20.2 Å². The fourth-order valence-corrected chi connectivity index (χ4v) is 5.19. The van der Waals surface area contributed by atoms with E-state index in [1.165, 1.54) is 59.7 Å². The van der Waals surface area contributed by atoms with Crippen LogP contribution in [0, 0.1) is 5.41 Å². The molecule has 0 amide bonds. The third kappa shape index (κ3) is 4.30. The van der Waals surface area contributed by atoms with E-state index in [4.69, 9.17) is 0 Å². The highest BCUT2D eigenvalue weighted by Gasteiger charge is 2.34. The molecule has 0 aliphatic heterocycles. The minimum atomic E-state index is -0.729. The van der Waals surface area contributed by atoms with Gasteiger partial charge in [0.15, 0.2) is 7.28 Å². The molecule has 1 N–H and O–H groups in total. The SMILES string of the molecule is CC(C)(O)C(C)(C)C[B]c1ccc2cc(-c3ccc4ccc5c6ccccc6ccc5c4c3)ccc2c1. The third-order valence-corrected chi connectivity index (χ3v) is 8.45. The number of rotatable bonds is 5. The van der Waals surface area contributed by atoms with Crippen LogP contribution in [0.25, 0.3) is 54.2 Å². The zero-order valence-electron chi connectivity index (χ0n) is 22.0. The Balaban J connectivity index is 1.36. The molecule has 6 rings (SSSR count). The predicted octanol–water partition coefficient (Wildman–Crippen LogP) is 8.51. The van der Waals surface area contributed by atoms with Crippen molar-refractivity contribution < 1.29 is 5.11 Å². The van der Waals surface area contributed by atoms with Gasteiger partial charge in [0.25, 0.3) is 0 Å². The molecule has 0 fully saturated rings. The van der Waals surface area contributed by atoms with E-state index >= 15 is 0 Å². The largest absolute Gasteiger partial charge is 0.390 e. The summed E-state index contributed by atoms with van der Waals surface area (Å²) in [5, 5.41) is 20.7. The Labute approximate surface area is 220 Å². The standard InChI is InChI=1S/C35H32BO/c1-34(2,35(3,4)37)22-36-29-16-13-26-19-25(11-12-27(26)20-29)28-10-9-24-15-17-31-30-8-6-5-7-23(30)14-18-32(31)33(24)21-28/h5-21,37H,22H2,1-4H3. The molecule has 0 saturated carbocycles. The Morgan fingerprint density at radius 3 is 1.86 bits per heavy atom.